The number of amides is 1. The first-order valence-electron chi connectivity index (χ1n) is 7.69. The van der Waals surface area contributed by atoms with Gasteiger partial charge in [-0.1, -0.05) is 23.2 Å². The molecule has 0 radical (unpaired) electrons. The predicted octanol–water partition coefficient (Wildman–Crippen LogP) is 4.86. The second-order valence-electron chi connectivity index (χ2n) is 6.34. The number of aromatic nitrogens is 1. The zero-order valence-electron chi connectivity index (χ0n) is 14.5. The third-order valence-corrected chi connectivity index (χ3v) is 3.99. The van der Waals surface area contributed by atoms with Crippen LogP contribution in [0, 0.1) is 6.92 Å². The van der Waals surface area contributed by atoms with Gasteiger partial charge < -0.3 is 19.3 Å². The van der Waals surface area contributed by atoms with Gasteiger partial charge in [0.1, 0.15) is 12.2 Å². The molecular formula is C17H20Cl2N2O4. The number of hydrogen-bond acceptors (Lipinski definition) is 5. The van der Waals surface area contributed by atoms with E-state index in [1.807, 2.05) is 6.92 Å². The summed E-state index contributed by atoms with van der Waals surface area (Å²) in [6.07, 6.45) is -0.500. The van der Waals surface area contributed by atoms with Crippen molar-refractivity contribution in [3.8, 4) is 17.2 Å². The molecule has 8 heteroatoms. The van der Waals surface area contributed by atoms with Crippen LogP contribution >= 0.6 is 23.2 Å². The van der Waals surface area contributed by atoms with Crippen LogP contribution < -0.4 is 10.1 Å². The zero-order chi connectivity index (χ0) is 18.6. The summed E-state index contributed by atoms with van der Waals surface area (Å²) in [7, 11) is 0. The van der Waals surface area contributed by atoms with E-state index >= 15 is 0 Å². The van der Waals surface area contributed by atoms with Crippen molar-refractivity contribution in [2.24, 2.45) is 0 Å². The molecule has 0 fully saturated rings. The highest BCUT2D eigenvalue weighted by Crippen LogP contribution is 2.35. The van der Waals surface area contributed by atoms with Gasteiger partial charge in [-0.25, -0.2) is 4.79 Å². The topological polar surface area (TPSA) is 73.6 Å². The van der Waals surface area contributed by atoms with Crippen LogP contribution in [-0.4, -0.2) is 30.0 Å². The summed E-state index contributed by atoms with van der Waals surface area (Å²) < 4.78 is 15.8. The number of carbonyl (C=O) groups excluding carboxylic acids is 1. The summed E-state index contributed by atoms with van der Waals surface area (Å²) >= 11 is 12.3. The van der Waals surface area contributed by atoms with Crippen LogP contribution in [0.4, 0.5) is 4.79 Å². The first-order chi connectivity index (χ1) is 11.7. The summed E-state index contributed by atoms with van der Waals surface area (Å²) in [6.45, 7) is 7.71. The Balaban J connectivity index is 1.88. The van der Waals surface area contributed by atoms with Crippen LogP contribution in [-0.2, 0) is 4.74 Å². The van der Waals surface area contributed by atoms with Crippen molar-refractivity contribution in [1.29, 1.82) is 0 Å². The van der Waals surface area contributed by atoms with Crippen molar-refractivity contribution in [3.05, 3.63) is 33.8 Å². The molecular weight excluding hydrogens is 367 g/mol. The molecule has 136 valence electrons. The molecule has 1 aromatic heterocycles. The maximum atomic E-state index is 11.5. The number of rotatable bonds is 5. The molecule has 1 amide bonds. The van der Waals surface area contributed by atoms with Gasteiger partial charge in [0.25, 0.3) is 5.88 Å². The minimum atomic E-state index is -0.540. The van der Waals surface area contributed by atoms with E-state index in [0.717, 1.165) is 5.56 Å². The fraction of sp³-hybridized carbons (Fsp3) is 0.412. The quantitative estimate of drug-likeness (QED) is 0.742. The maximum Gasteiger partial charge on any atom is 0.407 e. The second kappa shape index (κ2) is 7.97. The number of nitrogens with zero attached hydrogens (tertiary/aromatic N) is 1. The average molecular weight is 387 g/mol. The molecule has 1 heterocycles. The van der Waals surface area contributed by atoms with E-state index in [4.69, 9.17) is 37.2 Å². The van der Waals surface area contributed by atoms with Gasteiger partial charge in [-0.3, -0.25) is 0 Å². The first kappa shape index (κ1) is 19.4. The first-order valence-corrected chi connectivity index (χ1v) is 8.44. The van der Waals surface area contributed by atoms with Crippen molar-refractivity contribution in [1.82, 2.24) is 10.5 Å². The molecule has 2 rings (SSSR count). The predicted molar refractivity (Wildman–Crippen MR) is 96.4 cm³/mol. The van der Waals surface area contributed by atoms with E-state index in [9.17, 15) is 4.79 Å². The minimum absolute atomic E-state index is 0.221. The number of carbonyl (C=O) groups is 1. The summed E-state index contributed by atoms with van der Waals surface area (Å²) in [5, 5.41) is 7.50. The lowest BCUT2D eigenvalue weighted by molar-refractivity contribution is 0.0519. The summed E-state index contributed by atoms with van der Waals surface area (Å²) in [4.78, 5) is 11.5. The Bertz CT molecular complexity index is 754. The van der Waals surface area contributed by atoms with Crippen LogP contribution in [0.1, 0.15) is 26.3 Å². The van der Waals surface area contributed by atoms with Gasteiger partial charge in [-0.2, -0.15) is 0 Å². The molecule has 0 saturated carbocycles. The molecule has 0 aliphatic rings. The monoisotopic (exact) mass is 386 g/mol. The SMILES string of the molecule is Cc1c(Cl)ccc(-c2cc(OCCNC(=O)OC(C)(C)C)no2)c1Cl. The normalized spacial score (nSPS) is 11.3. The Hall–Kier alpha value is -1.92. The highest BCUT2D eigenvalue weighted by atomic mass is 35.5. The van der Waals surface area contributed by atoms with E-state index in [0.29, 0.717) is 27.2 Å². The van der Waals surface area contributed by atoms with Gasteiger partial charge in [0, 0.05) is 16.7 Å². The van der Waals surface area contributed by atoms with Crippen LogP contribution in [0.2, 0.25) is 10.0 Å². The van der Waals surface area contributed by atoms with Gasteiger partial charge >= 0.3 is 6.09 Å². The van der Waals surface area contributed by atoms with E-state index in [1.165, 1.54) is 0 Å². The maximum absolute atomic E-state index is 11.5. The lowest BCUT2D eigenvalue weighted by atomic mass is 10.1. The van der Waals surface area contributed by atoms with Crippen LogP contribution in [0.25, 0.3) is 11.3 Å². The molecule has 0 aliphatic carbocycles. The fourth-order valence-corrected chi connectivity index (χ4v) is 2.39. The molecule has 0 spiro atoms. The standard InChI is InChI=1S/C17H20Cl2N2O4/c1-10-12(18)6-5-11(15(10)19)13-9-14(21-25-13)23-8-7-20-16(22)24-17(2,3)4/h5-6,9H,7-8H2,1-4H3,(H,20,22). The Kier molecular flexibility index (Phi) is 6.19. The van der Waals surface area contributed by atoms with Gasteiger partial charge in [0.15, 0.2) is 5.76 Å². The Morgan fingerprint density at radius 2 is 2.04 bits per heavy atom. The van der Waals surface area contributed by atoms with E-state index < -0.39 is 11.7 Å². The van der Waals surface area contributed by atoms with E-state index in [-0.39, 0.29) is 13.2 Å². The smallest absolute Gasteiger partial charge is 0.407 e. The largest absolute Gasteiger partial charge is 0.474 e. The van der Waals surface area contributed by atoms with Gasteiger partial charge in [-0.05, 0) is 50.5 Å². The molecule has 1 aromatic carbocycles. The molecule has 0 atom stereocenters. The number of ether oxygens (including phenoxy) is 2. The summed E-state index contributed by atoms with van der Waals surface area (Å²) in [5.41, 5.74) is 0.904. The zero-order valence-corrected chi connectivity index (χ0v) is 16.0. The third kappa shape index (κ3) is 5.54. The lowest BCUT2D eigenvalue weighted by Gasteiger charge is -2.19. The van der Waals surface area contributed by atoms with Crippen molar-refractivity contribution >= 4 is 29.3 Å². The van der Waals surface area contributed by atoms with Gasteiger partial charge in [0.2, 0.25) is 0 Å². The number of benzene rings is 1. The molecule has 0 bridgehead atoms. The molecule has 0 unspecified atom stereocenters. The van der Waals surface area contributed by atoms with Gasteiger partial charge in [-0.15, -0.1) is 0 Å². The fourth-order valence-electron chi connectivity index (χ4n) is 1.93. The molecule has 25 heavy (non-hydrogen) atoms. The number of nitrogens with one attached hydrogen (secondary N) is 1. The molecule has 2 aromatic rings. The minimum Gasteiger partial charge on any atom is -0.474 e. The van der Waals surface area contributed by atoms with E-state index in [2.05, 4.69) is 10.5 Å². The second-order valence-corrected chi connectivity index (χ2v) is 7.13. The molecule has 6 nitrogen and oxygen atoms in total. The number of hydrogen-bond donors (Lipinski definition) is 1. The van der Waals surface area contributed by atoms with E-state index in [1.54, 1.807) is 39.0 Å². The summed E-state index contributed by atoms with van der Waals surface area (Å²) in [6, 6.07) is 5.12. The Morgan fingerprint density at radius 3 is 2.72 bits per heavy atom. The van der Waals surface area contributed by atoms with Crippen molar-refractivity contribution in [2.75, 3.05) is 13.2 Å². The van der Waals surface area contributed by atoms with Crippen molar-refractivity contribution < 1.29 is 18.8 Å². The number of halogens is 2. The van der Waals surface area contributed by atoms with Crippen LogP contribution in [0.15, 0.2) is 22.7 Å². The Labute approximate surface area is 156 Å². The average Bonchev–Trinajstić information content (AvgIpc) is 2.96. The third-order valence-electron chi connectivity index (χ3n) is 3.09. The summed E-state index contributed by atoms with van der Waals surface area (Å²) in [5.74, 6) is 0.768. The molecule has 0 saturated heterocycles. The number of alkyl carbamates (subject to hydrolysis) is 1. The lowest BCUT2D eigenvalue weighted by Crippen LogP contribution is -2.34. The molecule has 1 N–H and O–H groups in total. The Morgan fingerprint density at radius 1 is 1.32 bits per heavy atom. The highest BCUT2D eigenvalue weighted by Gasteiger charge is 2.16. The van der Waals surface area contributed by atoms with Crippen LogP contribution in [0.5, 0.6) is 5.88 Å². The van der Waals surface area contributed by atoms with Crippen molar-refractivity contribution in [2.45, 2.75) is 33.3 Å². The highest BCUT2D eigenvalue weighted by molar-refractivity contribution is 6.37. The van der Waals surface area contributed by atoms with Crippen LogP contribution in [0.3, 0.4) is 0 Å². The van der Waals surface area contributed by atoms with Crippen molar-refractivity contribution in [3.63, 3.8) is 0 Å². The molecule has 0 aliphatic heterocycles. The van der Waals surface area contributed by atoms with Gasteiger partial charge in [0.05, 0.1) is 11.6 Å².